The average Bonchev–Trinajstić information content (AvgIpc) is 3.24. The Balaban J connectivity index is 1.80. The predicted octanol–water partition coefficient (Wildman–Crippen LogP) is 4.08. The standard InChI is InChI=1S/C22H17N5O5S/c1-3-32-21(31)17(25-24-14-10-8-13(9-11-14)12(2)28)18(29)20-26-27-16-7-5-4-6-15(16)19(30)23-22(27)33-20/h4-11,29H,3H2,1-2H3. The summed E-state index contributed by atoms with van der Waals surface area (Å²) in [5, 5.41) is 23.4. The van der Waals surface area contributed by atoms with Gasteiger partial charge in [0, 0.05) is 5.56 Å². The number of azo groups is 1. The lowest BCUT2D eigenvalue weighted by atomic mass is 10.1. The summed E-state index contributed by atoms with van der Waals surface area (Å²) >= 11 is 0.911. The van der Waals surface area contributed by atoms with Crippen molar-refractivity contribution < 1.29 is 19.4 Å². The second-order valence-electron chi connectivity index (χ2n) is 6.76. The number of ketones is 1. The van der Waals surface area contributed by atoms with Crippen molar-refractivity contribution in [2.45, 2.75) is 13.8 Å². The molecule has 0 amide bonds. The van der Waals surface area contributed by atoms with E-state index in [9.17, 15) is 19.5 Å². The molecule has 0 aliphatic heterocycles. The number of carbonyl (C=O) groups is 2. The third-order valence-electron chi connectivity index (χ3n) is 4.55. The van der Waals surface area contributed by atoms with Crippen LogP contribution in [-0.4, -0.2) is 38.1 Å². The Morgan fingerprint density at radius 2 is 1.88 bits per heavy atom. The second kappa shape index (κ2) is 9.09. The first-order valence-corrected chi connectivity index (χ1v) is 10.6. The molecule has 2 aromatic heterocycles. The van der Waals surface area contributed by atoms with Crippen molar-refractivity contribution in [1.82, 2.24) is 14.6 Å². The summed E-state index contributed by atoms with van der Waals surface area (Å²) in [5.41, 5.74) is 0.480. The maximum atomic E-state index is 12.5. The molecule has 0 saturated carbocycles. The lowest BCUT2D eigenvalue weighted by Gasteiger charge is -2.03. The van der Waals surface area contributed by atoms with Crippen LogP contribution < -0.4 is 5.56 Å². The number of aromatic nitrogens is 3. The van der Waals surface area contributed by atoms with Crippen molar-refractivity contribution in [2.24, 2.45) is 10.2 Å². The molecule has 2 heterocycles. The van der Waals surface area contributed by atoms with Crippen LogP contribution in [0.15, 0.2) is 69.3 Å². The minimum absolute atomic E-state index is 0.00665. The van der Waals surface area contributed by atoms with Crippen LogP contribution in [0.5, 0.6) is 0 Å². The topological polar surface area (TPSA) is 136 Å². The number of Topliss-reactive ketones (excluding diaryl/α,β-unsaturated/α-hetero) is 1. The lowest BCUT2D eigenvalue weighted by molar-refractivity contribution is -0.138. The summed E-state index contributed by atoms with van der Waals surface area (Å²) in [6.07, 6.45) is 0. The molecule has 0 atom stereocenters. The molecule has 0 unspecified atom stereocenters. The van der Waals surface area contributed by atoms with E-state index in [-0.39, 0.29) is 22.4 Å². The quantitative estimate of drug-likeness (QED) is 0.150. The fourth-order valence-corrected chi connectivity index (χ4v) is 3.79. The van der Waals surface area contributed by atoms with Crippen LogP contribution in [0.2, 0.25) is 0 Å². The zero-order chi connectivity index (χ0) is 23.5. The van der Waals surface area contributed by atoms with Crippen LogP contribution in [0.4, 0.5) is 5.69 Å². The monoisotopic (exact) mass is 463 g/mol. The molecule has 0 aliphatic carbocycles. The lowest BCUT2D eigenvalue weighted by Crippen LogP contribution is -2.09. The molecular weight excluding hydrogens is 446 g/mol. The third-order valence-corrected chi connectivity index (χ3v) is 5.47. The van der Waals surface area contributed by atoms with Gasteiger partial charge >= 0.3 is 5.97 Å². The van der Waals surface area contributed by atoms with E-state index >= 15 is 0 Å². The first kappa shape index (κ1) is 22.0. The fourth-order valence-electron chi connectivity index (χ4n) is 2.95. The average molecular weight is 463 g/mol. The number of para-hydroxylation sites is 1. The highest BCUT2D eigenvalue weighted by molar-refractivity contribution is 7.17. The number of esters is 1. The Labute approximate surface area is 190 Å². The Morgan fingerprint density at radius 1 is 1.15 bits per heavy atom. The van der Waals surface area contributed by atoms with E-state index in [4.69, 9.17) is 4.74 Å². The van der Waals surface area contributed by atoms with Crippen LogP contribution in [0.1, 0.15) is 29.2 Å². The van der Waals surface area contributed by atoms with Gasteiger partial charge in [-0.1, -0.05) is 23.5 Å². The molecule has 4 rings (SSSR count). The van der Waals surface area contributed by atoms with Crippen molar-refractivity contribution in [1.29, 1.82) is 0 Å². The van der Waals surface area contributed by atoms with Gasteiger partial charge in [0.25, 0.3) is 5.56 Å². The summed E-state index contributed by atoms with van der Waals surface area (Å²) in [5.74, 6) is -1.56. The van der Waals surface area contributed by atoms with Gasteiger partial charge in [-0.2, -0.15) is 15.2 Å². The number of carbonyl (C=O) groups excluding carboxylic acids is 2. The number of benzene rings is 2. The molecule has 0 bridgehead atoms. The summed E-state index contributed by atoms with van der Waals surface area (Å²) in [4.78, 5) is 40.4. The molecule has 10 nitrogen and oxygen atoms in total. The van der Waals surface area contributed by atoms with E-state index in [0.717, 1.165) is 11.3 Å². The van der Waals surface area contributed by atoms with Gasteiger partial charge in [-0.25, -0.2) is 9.31 Å². The number of aliphatic hydroxyl groups excluding tert-OH is 1. The van der Waals surface area contributed by atoms with E-state index in [1.165, 1.54) is 11.4 Å². The van der Waals surface area contributed by atoms with Crippen LogP contribution in [0.25, 0.3) is 21.6 Å². The molecule has 0 radical (unpaired) electrons. The zero-order valence-electron chi connectivity index (χ0n) is 17.6. The van der Waals surface area contributed by atoms with Crippen molar-refractivity contribution in [2.75, 3.05) is 6.61 Å². The number of aliphatic hydroxyl groups is 1. The number of hydrogen-bond acceptors (Lipinski definition) is 10. The van der Waals surface area contributed by atoms with Gasteiger partial charge < -0.3 is 9.84 Å². The Kier molecular flexibility index (Phi) is 6.05. The molecular formula is C22H17N5O5S. The van der Waals surface area contributed by atoms with Gasteiger partial charge in [0.1, 0.15) is 0 Å². The molecule has 2 aromatic carbocycles. The van der Waals surface area contributed by atoms with Gasteiger partial charge in [0.05, 0.1) is 23.2 Å². The first-order valence-electron chi connectivity index (χ1n) is 9.81. The molecule has 4 aromatic rings. The number of hydrogen-bond donors (Lipinski definition) is 1. The van der Waals surface area contributed by atoms with Gasteiger partial charge in [-0.05, 0) is 50.2 Å². The van der Waals surface area contributed by atoms with Crippen molar-refractivity contribution in [3.05, 3.63) is 75.2 Å². The zero-order valence-corrected chi connectivity index (χ0v) is 18.4. The minimum atomic E-state index is -0.898. The maximum absolute atomic E-state index is 12.5. The smallest absolute Gasteiger partial charge is 0.362 e. The molecule has 0 spiro atoms. The van der Waals surface area contributed by atoms with Gasteiger partial charge in [0.15, 0.2) is 16.6 Å². The number of fused-ring (bicyclic) bond motifs is 3. The van der Waals surface area contributed by atoms with E-state index in [2.05, 4.69) is 20.3 Å². The van der Waals surface area contributed by atoms with Gasteiger partial charge in [-0.3, -0.25) is 9.59 Å². The van der Waals surface area contributed by atoms with Crippen molar-refractivity contribution in [3.63, 3.8) is 0 Å². The fraction of sp³-hybridized carbons (Fsp3) is 0.136. The number of nitrogens with zero attached hydrogens (tertiary/aromatic N) is 5. The number of rotatable bonds is 6. The maximum Gasteiger partial charge on any atom is 0.362 e. The summed E-state index contributed by atoms with van der Waals surface area (Å²) in [6, 6.07) is 13.0. The van der Waals surface area contributed by atoms with Crippen molar-refractivity contribution in [3.8, 4) is 0 Å². The van der Waals surface area contributed by atoms with E-state index < -0.39 is 23.0 Å². The van der Waals surface area contributed by atoms with Gasteiger partial charge in [-0.15, -0.1) is 5.11 Å². The third kappa shape index (κ3) is 4.39. The Morgan fingerprint density at radius 3 is 2.58 bits per heavy atom. The normalized spacial score (nSPS) is 12.3. The largest absolute Gasteiger partial charge is 0.503 e. The van der Waals surface area contributed by atoms with Crippen molar-refractivity contribution >= 4 is 50.4 Å². The van der Waals surface area contributed by atoms with E-state index in [1.807, 2.05) is 0 Å². The highest BCUT2D eigenvalue weighted by Gasteiger charge is 2.22. The van der Waals surface area contributed by atoms with Crippen LogP contribution in [-0.2, 0) is 9.53 Å². The Bertz CT molecular complexity index is 1500. The second-order valence-corrected chi connectivity index (χ2v) is 7.71. The summed E-state index contributed by atoms with van der Waals surface area (Å²) in [6.45, 7) is 3.11. The SMILES string of the molecule is CCOC(=O)C(N=Nc1ccc(C(C)=O)cc1)=C(O)c1nn2c(nc(=O)c3ccccc32)s1. The minimum Gasteiger partial charge on any atom is -0.503 e. The highest BCUT2D eigenvalue weighted by Crippen LogP contribution is 2.26. The predicted molar refractivity (Wildman–Crippen MR) is 122 cm³/mol. The summed E-state index contributed by atoms with van der Waals surface area (Å²) < 4.78 is 6.41. The number of ether oxygens (including phenoxy) is 1. The molecule has 1 N–H and O–H groups in total. The first-order chi connectivity index (χ1) is 15.9. The highest BCUT2D eigenvalue weighted by atomic mass is 32.1. The van der Waals surface area contributed by atoms with E-state index in [0.29, 0.717) is 22.2 Å². The van der Waals surface area contributed by atoms with Crippen LogP contribution in [0, 0.1) is 0 Å². The molecule has 0 saturated heterocycles. The van der Waals surface area contributed by atoms with Crippen LogP contribution >= 0.6 is 11.3 Å². The van der Waals surface area contributed by atoms with Crippen LogP contribution in [0.3, 0.4) is 0 Å². The summed E-state index contributed by atoms with van der Waals surface area (Å²) in [7, 11) is 0. The van der Waals surface area contributed by atoms with Gasteiger partial charge in [0.2, 0.25) is 10.7 Å². The molecule has 0 fully saturated rings. The molecule has 11 heteroatoms. The van der Waals surface area contributed by atoms with E-state index in [1.54, 1.807) is 55.5 Å². The molecule has 166 valence electrons. The Hall–Kier alpha value is -4.25. The molecule has 0 aliphatic rings. The molecule has 33 heavy (non-hydrogen) atoms.